The first-order valence-corrected chi connectivity index (χ1v) is 9.01. The molecule has 0 saturated heterocycles. The second kappa shape index (κ2) is 5.07. The van der Waals surface area contributed by atoms with Crippen LogP contribution >= 0.6 is 0 Å². The fourth-order valence-corrected chi connectivity index (χ4v) is 4.56. The Morgan fingerprint density at radius 3 is 2.58 bits per heavy atom. The van der Waals surface area contributed by atoms with Crippen molar-refractivity contribution in [2.24, 2.45) is 5.41 Å². The number of benzene rings is 2. The van der Waals surface area contributed by atoms with Gasteiger partial charge in [-0.2, -0.15) is 0 Å². The van der Waals surface area contributed by atoms with Crippen molar-refractivity contribution in [3.05, 3.63) is 70.9 Å². The molecule has 4 nitrogen and oxygen atoms in total. The van der Waals surface area contributed by atoms with Crippen molar-refractivity contribution in [3.63, 3.8) is 0 Å². The maximum Gasteiger partial charge on any atom is 0.259 e. The predicted molar refractivity (Wildman–Crippen MR) is 101 cm³/mol. The molecule has 0 saturated carbocycles. The van der Waals surface area contributed by atoms with Gasteiger partial charge in [-0.15, -0.1) is 0 Å². The maximum absolute atomic E-state index is 13.2. The summed E-state index contributed by atoms with van der Waals surface area (Å²) in [6, 6.07) is 15.1. The number of fused-ring (bicyclic) bond motifs is 6. The lowest BCUT2D eigenvalue weighted by Gasteiger charge is -2.34. The Labute approximate surface area is 152 Å². The van der Waals surface area contributed by atoms with Crippen LogP contribution in [0.15, 0.2) is 59.8 Å². The van der Waals surface area contributed by atoms with E-state index in [1.165, 1.54) is 0 Å². The second-order valence-electron chi connectivity index (χ2n) is 8.14. The Bertz CT molecular complexity index is 1000. The van der Waals surface area contributed by atoms with E-state index in [9.17, 15) is 9.59 Å². The monoisotopic (exact) mass is 344 g/mol. The molecule has 130 valence electrons. The molecule has 3 aliphatic rings. The largest absolute Gasteiger partial charge is 0.357 e. The van der Waals surface area contributed by atoms with Gasteiger partial charge in [-0.05, 0) is 35.6 Å². The smallest absolute Gasteiger partial charge is 0.259 e. The van der Waals surface area contributed by atoms with Crippen LogP contribution in [0.4, 0.5) is 11.4 Å². The number of hydrogen-bond acceptors (Lipinski definition) is 3. The minimum atomic E-state index is -0.339. The summed E-state index contributed by atoms with van der Waals surface area (Å²) in [5.41, 5.74) is 4.95. The first-order chi connectivity index (χ1) is 12.5. The van der Waals surface area contributed by atoms with Crippen molar-refractivity contribution in [1.82, 2.24) is 0 Å². The zero-order valence-electron chi connectivity index (χ0n) is 14.9. The van der Waals surface area contributed by atoms with Gasteiger partial charge in [0.25, 0.3) is 5.91 Å². The maximum atomic E-state index is 13.2. The van der Waals surface area contributed by atoms with E-state index in [0.717, 1.165) is 34.6 Å². The number of hydrogen-bond donors (Lipinski definition) is 1. The second-order valence-corrected chi connectivity index (χ2v) is 8.14. The van der Waals surface area contributed by atoms with Gasteiger partial charge in [0, 0.05) is 23.3 Å². The number of rotatable bonds is 0. The molecule has 4 heteroatoms. The van der Waals surface area contributed by atoms with Crippen LogP contribution in [0.3, 0.4) is 0 Å². The number of anilines is 2. The number of nitrogens with one attached hydrogen (secondary N) is 1. The van der Waals surface area contributed by atoms with E-state index in [0.29, 0.717) is 12.0 Å². The molecule has 0 aromatic heterocycles. The molecule has 5 rings (SSSR count). The highest BCUT2D eigenvalue weighted by Gasteiger charge is 2.47. The van der Waals surface area contributed by atoms with Crippen LogP contribution in [-0.4, -0.2) is 11.7 Å². The number of carbonyl (C=O) groups excluding carboxylic acids is 2. The van der Waals surface area contributed by atoms with Gasteiger partial charge >= 0.3 is 0 Å². The van der Waals surface area contributed by atoms with E-state index in [2.05, 4.69) is 19.2 Å². The molecule has 1 unspecified atom stereocenters. The highest BCUT2D eigenvalue weighted by Crippen LogP contribution is 2.51. The normalized spacial score (nSPS) is 22.8. The number of allylic oxidation sites excluding steroid dienone is 1. The third-order valence-electron chi connectivity index (χ3n) is 5.61. The fourth-order valence-electron chi connectivity index (χ4n) is 4.56. The SMILES string of the molecule is CC1(C)CC(=O)C2=C(C1)Nc1ccccc1N1C(=O)c3ccccc3C21. The molecular weight excluding hydrogens is 324 g/mol. The third kappa shape index (κ3) is 2.02. The highest BCUT2D eigenvalue weighted by atomic mass is 16.2. The zero-order valence-corrected chi connectivity index (χ0v) is 14.9. The lowest BCUT2D eigenvalue weighted by molar-refractivity contribution is -0.118. The molecule has 0 fully saturated rings. The van der Waals surface area contributed by atoms with Crippen LogP contribution in [-0.2, 0) is 4.79 Å². The highest BCUT2D eigenvalue weighted by molar-refractivity contribution is 6.16. The topological polar surface area (TPSA) is 49.4 Å². The number of Topliss-reactive ketones (excluding diaryl/α,β-unsaturated/α-hetero) is 1. The Hall–Kier alpha value is -2.88. The molecule has 0 spiro atoms. The summed E-state index contributed by atoms with van der Waals surface area (Å²) in [6.07, 6.45) is 1.30. The molecule has 2 aromatic carbocycles. The van der Waals surface area contributed by atoms with Gasteiger partial charge in [0.15, 0.2) is 5.78 Å². The summed E-state index contributed by atoms with van der Waals surface area (Å²) in [5.74, 6) is 0.0993. The van der Waals surface area contributed by atoms with Crippen LogP contribution in [0.2, 0.25) is 0 Å². The Balaban J connectivity index is 1.82. The molecule has 0 bridgehead atoms. The lowest BCUT2D eigenvalue weighted by Crippen LogP contribution is -2.34. The molecule has 2 aromatic rings. The Morgan fingerprint density at radius 1 is 1.00 bits per heavy atom. The third-order valence-corrected chi connectivity index (χ3v) is 5.61. The van der Waals surface area contributed by atoms with E-state index < -0.39 is 0 Å². The summed E-state index contributed by atoms with van der Waals surface area (Å²) in [5, 5.41) is 3.49. The lowest BCUT2D eigenvalue weighted by atomic mass is 9.73. The molecule has 2 heterocycles. The standard InChI is InChI=1S/C22H20N2O2/c1-22(2)11-16-19(18(25)12-22)20-13-7-3-4-8-14(13)21(26)24(20)17-10-6-5-9-15(17)23-16/h3-10,20,23H,11-12H2,1-2H3. The summed E-state index contributed by atoms with van der Waals surface area (Å²) in [4.78, 5) is 28.2. The van der Waals surface area contributed by atoms with Gasteiger partial charge in [-0.1, -0.05) is 44.2 Å². The van der Waals surface area contributed by atoms with Crippen molar-refractivity contribution in [2.45, 2.75) is 32.7 Å². The van der Waals surface area contributed by atoms with Crippen molar-refractivity contribution in [1.29, 1.82) is 0 Å². The van der Waals surface area contributed by atoms with E-state index in [1.54, 1.807) is 4.90 Å². The summed E-state index contributed by atoms with van der Waals surface area (Å²) >= 11 is 0. The van der Waals surface area contributed by atoms with E-state index in [-0.39, 0.29) is 23.1 Å². The van der Waals surface area contributed by atoms with Gasteiger partial charge in [0.1, 0.15) is 0 Å². The van der Waals surface area contributed by atoms with Crippen LogP contribution in [0.1, 0.15) is 48.7 Å². The Morgan fingerprint density at radius 2 is 1.73 bits per heavy atom. The summed E-state index contributed by atoms with van der Waals surface area (Å²) in [6.45, 7) is 4.25. The molecule has 1 amide bonds. The molecule has 1 atom stereocenters. The Kier molecular flexibility index (Phi) is 3.00. The average molecular weight is 344 g/mol. The van der Waals surface area contributed by atoms with Crippen LogP contribution in [0, 0.1) is 5.41 Å². The van der Waals surface area contributed by atoms with E-state index >= 15 is 0 Å². The summed E-state index contributed by atoms with van der Waals surface area (Å²) in [7, 11) is 0. The minimum absolute atomic E-state index is 0.0359. The average Bonchev–Trinajstić information content (AvgIpc) is 2.79. The predicted octanol–water partition coefficient (Wildman–Crippen LogP) is 4.46. The molecule has 1 aliphatic carbocycles. The fraction of sp³-hybridized carbons (Fsp3) is 0.273. The number of nitrogens with zero attached hydrogens (tertiary/aromatic N) is 1. The van der Waals surface area contributed by atoms with Crippen LogP contribution in [0.5, 0.6) is 0 Å². The minimum Gasteiger partial charge on any atom is -0.357 e. The molecular formula is C22H20N2O2. The van der Waals surface area contributed by atoms with Crippen molar-refractivity contribution in [2.75, 3.05) is 10.2 Å². The van der Waals surface area contributed by atoms with Crippen LogP contribution < -0.4 is 10.2 Å². The van der Waals surface area contributed by atoms with Gasteiger partial charge in [-0.3, -0.25) is 14.5 Å². The molecule has 1 N–H and O–H groups in total. The quantitative estimate of drug-likeness (QED) is 0.768. The molecule has 26 heavy (non-hydrogen) atoms. The van der Waals surface area contributed by atoms with Crippen LogP contribution in [0.25, 0.3) is 0 Å². The van der Waals surface area contributed by atoms with Gasteiger partial charge < -0.3 is 5.32 Å². The number of ketones is 1. The van der Waals surface area contributed by atoms with E-state index in [1.807, 2.05) is 48.5 Å². The van der Waals surface area contributed by atoms with Gasteiger partial charge in [0.2, 0.25) is 0 Å². The van der Waals surface area contributed by atoms with Crippen molar-refractivity contribution in [3.8, 4) is 0 Å². The van der Waals surface area contributed by atoms with Crippen molar-refractivity contribution < 1.29 is 9.59 Å². The van der Waals surface area contributed by atoms with Gasteiger partial charge in [-0.25, -0.2) is 0 Å². The summed E-state index contributed by atoms with van der Waals surface area (Å²) < 4.78 is 0. The zero-order chi connectivity index (χ0) is 18.1. The van der Waals surface area contributed by atoms with Crippen molar-refractivity contribution >= 4 is 23.1 Å². The first kappa shape index (κ1) is 15.4. The number of para-hydroxylation sites is 2. The first-order valence-electron chi connectivity index (χ1n) is 9.01. The van der Waals surface area contributed by atoms with Gasteiger partial charge in [0.05, 0.1) is 17.4 Å². The molecule has 0 radical (unpaired) electrons. The number of amides is 1. The number of carbonyl (C=O) groups is 2. The molecule has 2 aliphatic heterocycles. The van der Waals surface area contributed by atoms with E-state index in [4.69, 9.17) is 0 Å².